The third-order valence-corrected chi connectivity index (χ3v) is 7.18. The van der Waals surface area contributed by atoms with Crippen molar-refractivity contribution in [2.75, 3.05) is 18.1 Å². The SMILES string of the molecule is CC(=O)OCC1=C(C(=O)SC[C@H](N)C(=O)O)N2C(=O)[C@H](Cl)[C@H]2S(=O)(=O)C1. The molecule has 2 aliphatic heterocycles. The van der Waals surface area contributed by atoms with Crippen molar-refractivity contribution < 1.29 is 37.4 Å². The topological polar surface area (TPSA) is 161 Å². The highest BCUT2D eigenvalue weighted by Gasteiger charge is 2.59. The number of sulfone groups is 1. The maximum atomic E-state index is 12.5. The summed E-state index contributed by atoms with van der Waals surface area (Å²) in [4.78, 5) is 47.1. The molecule has 0 aromatic heterocycles. The molecular formula is C13H15ClN2O8S2. The van der Waals surface area contributed by atoms with Crippen LogP contribution in [0.5, 0.6) is 0 Å². The van der Waals surface area contributed by atoms with Crippen LogP contribution in [-0.4, -0.2) is 76.3 Å². The van der Waals surface area contributed by atoms with E-state index in [-0.39, 0.29) is 17.0 Å². The van der Waals surface area contributed by atoms with Gasteiger partial charge >= 0.3 is 11.9 Å². The van der Waals surface area contributed by atoms with Crippen LogP contribution in [-0.2, 0) is 33.8 Å². The second kappa shape index (κ2) is 7.55. The molecule has 13 heteroatoms. The number of halogens is 1. The average Bonchev–Trinajstić information content (AvgIpc) is 2.55. The lowest BCUT2D eigenvalue weighted by atomic mass is 10.1. The Hall–Kier alpha value is -1.63. The number of carbonyl (C=O) groups is 4. The Balaban J connectivity index is 2.36. The molecule has 1 saturated heterocycles. The molecule has 0 saturated carbocycles. The van der Waals surface area contributed by atoms with Crippen molar-refractivity contribution in [2.45, 2.75) is 23.7 Å². The van der Waals surface area contributed by atoms with Crippen LogP contribution < -0.4 is 5.73 Å². The smallest absolute Gasteiger partial charge is 0.321 e. The maximum absolute atomic E-state index is 12.5. The van der Waals surface area contributed by atoms with E-state index >= 15 is 0 Å². The number of carbonyl (C=O) groups excluding carboxylic acids is 3. The lowest BCUT2D eigenvalue weighted by Gasteiger charge is -2.47. The molecule has 144 valence electrons. The number of nitrogens with two attached hydrogens (primary N) is 1. The van der Waals surface area contributed by atoms with Gasteiger partial charge in [0.2, 0.25) is 11.0 Å². The van der Waals surface area contributed by atoms with Crippen LogP contribution in [0.1, 0.15) is 6.92 Å². The second-order valence-electron chi connectivity index (χ2n) is 5.58. The van der Waals surface area contributed by atoms with Gasteiger partial charge in [0.1, 0.15) is 23.7 Å². The lowest BCUT2D eigenvalue weighted by Crippen LogP contribution is -2.68. The molecule has 1 amide bonds. The number of ether oxygens (including phenoxy) is 1. The van der Waals surface area contributed by atoms with Crippen molar-refractivity contribution in [1.29, 1.82) is 0 Å². The molecule has 0 aromatic carbocycles. The Kier molecular flexibility index (Phi) is 6.00. The maximum Gasteiger partial charge on any atom is 0.321 e. The summed E-state index contributed by atoms with van der Waals surface area (Å²) in [5.74, 6) is -3.68. The van der Waals surface area contributed by atoms with E-state index in [0.29, 0.717) is 11.8 Å². The Morgan fingerprint density at radius 3 is 2.62 bits per heavy atom. The molecule has 0 unspecified atom stereocenters. The van der Waals surface area contributed by atoms with Crippen LogP contribution in [0.3, 0.4) is 0 Å². The molecule has 3 N–H and O–H groups in total. The minimum absolute atomic E-state index is 0.0743. The lowest BCUT2D eigenvalue weighted by molar-refractivity contribution is -0.141. The average molecular weight is 427 g/mol. The van der Waals surface area contributed by atoms with Gasteiger partial charge in [0, 0.05) is 18.2 Å². The van der Waals surface area contributed by atoms with Crippen molar-refractivity contribution in [1.82, 2.24) is 4.90 Å². The number of amides is 1. The zero-order chi connectivity index (χ0) is 19.8. The van der Waals surface area contributed by atoms with E-state index in [0.717, 1.165) is 11.8 Å². The van der Waals surface area contributed by atoms with Crippen LogP contribution in [0.4, 0.5) is 0 Å². The molecule has 0 bridgehead atoms. The fraction of sp³-hybridized carbons (Fsp3) is 0.538. The van der Waals surface area contributed by atoms with Gasteiger partial charge < -0.3 is 15.6 Å². The highest BCUT2D eigenvalue weighted by Crippen LogP contribution is 2.40. The first-order valence-corrected chi connectivity index (χ1v) is 10.3. The van der Waals surface area contributed by atoms with E-state index in [4.69, 9.17) is 27.2 Å². The van der Waals surface area contributed by atoms with Crippen LogP contribution in [0.25, 0.3) is 0 Å². The van der Waals surface area contributed by atoms with Crippen LogP contribution in [0.15, 0.2) is 11.3 Å². The van der Waals surface area contributed by atoms with Gasteiger partial charge in [-0.25, -0.2) is 8.42 Å². The van der Waals surface area contributed by atoms with Gasteiger partial charge in [-0.05, 0) is 0 Å². The molecule has 0 spiro atoms. The summed E-state index contributed by atoms with van der Waals surface area (Å²) in [6.45, 7) is 0.608. The molecule has 10 nitrogen and oxygen atoms in total. The third-order valence-electron chi connectivity index (χ3n) is 3.65. The number of hydrogen-bond donors (Lipinski definition) is 2. The fourth-order valence-electron chi connectivity index (χ4n) is 2.42. The highest BCUT2D eigenvalue weighted by atomic mass is 35.5. The zero-order valence-electron chi connectivity index (χ0n) is 13.4. The second-order valence-corrected chi connectivity index (χ2v) is 9.14. The summed E-state index contributed by atoms with van der Waals surface area (Å²) in [6, 6.07) is -1.32. The van der Waals surface area contributed by atoms with Crippen molar-refractivity contribution >= 4 is 56.2 Å². The number of β-lactam (4-membered cyclic amide) rings is 1. The summed E-state index contributed by atoms with van der Waals surface area (Å²) in [6.07, 6.45) is 0. The normalized spacial score (nSPS) is 25.2. The molecule has 0 aliphatic carbocycles. The van der Waals surface area contributed by atoms with E-state index < -0.39 is 62.0 Å². The number of rotatable bonds is 6. The largest absolute Gasteiger partial charge is 0.480 e. The van der Waals surface area contributed by atoms with Crippen molar-refractivity contribution in [2.24, 2.45) is 5.73 Å². The summed E-state index contributed by atoms with van der Waals surface area (Å²) < 4.78 is 29.4. The van der Waals surface area contributed by atoms with Crippen molar-refractivity contribution in [3.05, 3.63) is 11.3 Å². The predicted molar refractivity (Wildman–Crippen MR) is 90.8 cm³/mol. The molecule has 26 heavy (non-hydrogen) atoms. The number of carboxylic acid groups (broad SMARTS) is 1. The summed E-state index contributed by atoms with van der Waals surface area (Å²) in [5, 5.41) is 5.32. The summed E-state index contributed by atoms with van der Waals surface area (Å²) >= 11 is 6.30. The molecule has 2 aliphatic rings. The number of alkyl halides is 1. The Morgan fingerprint density at radius 1 is 1.46 bits per heavy atom. The highest BCUT2D eigenvalue weighted by molar-refractivity contribution is 8.14. The quantitative estimate of drug-likeness (QED) is 0.296. The number of esters is 1. The molecule has 2 heterocycles. The van der Waals surface area contributed by atoms with Crippen molar-refractivity contribution in [3.63, 3.8) is 0 Å². The van der Waals surface area contributed by atoms with Crippen LogP contribution >= 0.6 is 23.4 Å². The molecule has 0 radical (unpaired) electrons. The van der Waals surface area contributed by atoms with E-state index in [1.165, 1.54) is 0 Å². The van der Waals surface area contributed by atoms with Gasteiger partial charge in [-0.1, -0.05) is 11.8 Å². The molecule has 3 atom stereocenters. The van der Waals surface area contributed by atoms with E-state index in [2.05, 4.69) is 0 Å². The first-order valence-electron chi connectivity index (χ1n) is 7.17. The number of thioether (sulfide) groups is 1. The summed E-state index contributed by atoms with van der Waals surface area (Å²) in [5.41, 5.74) is 5.01. The van der Waals surface area contributed by atoms with Gasteiger partial charge in [-0.15, -0.1) is 11.6 Å². The Bertz CT molecular complexity index is 809. The first kappa shape index (κ1) is 20.7. The minimum Gasteiger partial charge on any atom is -0.480 e. The standard InChI is InChI=1S/C13H15ClN2O8S2/c1-5(17)24-2-6-4-26(22,23)11-8(14)10(18)16(11)9(6)13(21)25-3-7(15)12(19)20/h7-8,11H,2-4,15H2,1H3,(H,19,20)/t7-,8-,11+/m0/s1. The van der Waals surface area contributed by atoms with Gasteiger partial charge in [0.25, 0.3) is 0 Å². The van der Waals surface area contributed by atoms with E-state index in [1.54, 1.807) is 0 Å². The molecule has 1 fully saturated rings. The van der Waals surface area contributed by atoms with Gasteiger partial charge in [0.15, 0.2) is 15.2 Å². The Labute approximate surface area is 157 Å². The number of fused-ring (bicyclic) bond motifs is 1. The Morgan fingerprint density at radius 2 is 2.08 bits per heavy atom. The number of carboxylic acids is 1. The van der Waals surface area contributed by atoms with Crippen LogP contribution in [0, 0.1) is 0 Å². The number of hydrogen-bond acceptors (Lipinski definition) is 9. The van der Waals surface area contributed by atoms with E-state index in [9.17, 15) is 27.6 Å². The van der Waals surface area contributed by atoms with E-state index in [1.807, 2.05) is 0 Å². The summed E-state index contributed by atoms with van der Waals surface area (Å²) in [7, 11) is -3.87. The number of nitrogens with zero attached hydrogens (tertiary/aromatic N) is 1. The predicted octanol–water partition coefficient (Wildman–Crippen LogP) is -1.32. The van der Waals surface area contributed by atoms with Gasteiger partial charge in [-0.2, -0.15) is 0 Å². The molecule has 2 rings (SSSR count). The zero-order valence-corrected chi connectivity index (χ0v) is 15.8. The molecular weight excluding hydrogens is 412 g/mol. The fourth-order valence-corrected chi connectivity index (χ4v) is 5.85. The van der Waals surface area contributed by atoms with Gasteiger partial charge in [0.05, 0.1) is 5.75 Å². The third kappa shape index (κ3) is 3.87. The monoisotopic (exact) mass is 426 g/mol. The molecule has 0 aromatic rings. The van der Waals surface area contributed by atoms with Gasteiger partial charge in [-0.3, -0.25) is 24.1 Å². The van der Waals surface area contributed by atoms with Crippen LogP contribution in [0.2, 0.25) is 0 Å². The first-order chi connectivity index (χ1) is 12.0. The number of aliphatic carboxylic acids is 1. The van der Waals surface area contributed by atoms with Crippen molar-refractivity contribution in [3.8, 4) is 0 Å². The minimum atomic E-state index is -3.87.